The molecule has 5 heteroatoms. The van der Waals surface area contributed by atoms with Crippen molar-refractivity contribution in [2.24, 2.45) is 0 Å². The summed E-state index contributed by atoms with van der Waals surface area (Å²) in [6.45, 7) is 1.67. The average Bonchev–Trinajstić information content (AvgIpc) is 2.18. The molecule has 1 aromatic heterocycles. The lowest BCUT2D eigenvalue weighted by atomic mass is 10.1. The van der Waals surface area contributed by atoms with E-state index in [0.717, 1.165) is 0 Å². The van der Waals surface area contributed by atoms with E-state index in [-0.39, 0.29) is 11.0 Å². The molecule has 0 fully saturated rings. The zero-order valence-corrected chi connectivity index (χ0v) is 8.26. The van der Waals surface area contributed by atoms with E-state index in [1.807, 2.05) is 0 Å². The van der Waals surface area contributed by atoms with Crippen LogP contribution >= 0.6 is 0 Å². The number of para-hydroxylation sites is 1. The molecule has 2 aromatic rings. The predicted octanol–water partition coefficient (Wildman–Crippen LogP) is 3.12. The van der Waals surface area contributed by atoms with Crippen molar-refractivity contribution in [2.45, 2.75) is 13.1 Å². The lowest BCUT2D eigenvalue weighted by Gasteiger charge is -2.06. The third-order valence-electron chi connectivity index (χ3n) is 2.30. The van der Waals surface area contributed by atoms with E-state index in [9.17, 15) is 18.0 Å². The van der Waals surface area contributed by atoms with E-state index in [2.05, 4.69) is 0 Å². The van der Waals surface area contributed by atoms with Gasteiger partial charge in [-0.15, -0.1) is 0 Å². The van der Waals surface area contributed by atoms with Crippen molar-refractivity contribution in [1.29, 1.82) is 0 Å². The summed E-state index contributed by atoms with van der Waals surface area (Å²) >= 11 is 0. The van der Waals surface area contributed by atoms with Gasteiger partial charge in [0, 0.05) is 0 Å². The van der Waals surface area contributed by atoms with Gasteiger partial charge in [0.1, 0.15) is 17.4 Å². The first kappa shape index (κ1) is 10.7. The van der Waals surface area contributed by atoms with Gasteiger partial charge in [0.05, 0.1) is 5.39 Å². The molecular formula is C11H7F3O2. The predicted molar refractivity (Wildman–Crippen MR) is 52.2 cm³/mol. The second-order valence-electron chi connectivity index (χ2n) is 3.43. The smallest absolute Gasteiger partial charge is 0.423 e. The molecule has 84 valence electrons. The Morgan fingerprint density at radius 3 is 2.56 bits per heavy atom. The molecule has 0 unspecified atom stereocenters. The summed E-state index contributed by atoms with van der Waals surface area (Å²) in [5.74, 6) is 0. The monoisotopic (exact) mass is 228 g/mol. The molecule has 0 atom stereocenters. The molecule has 0 radical (unpaired) electrons. The molecule has 0 bridgehead atoms. The van der Waals surface area contributed by atoms with Gasteiger partial charge in [-0.05, 0) is 18.6 Å². The summed E-state index contributed by atoms with van der Waals surface area (Å²) in [5, 5.41) is -0.0465. The van der Waals surface area contributed by atoms with Gasteiger partial charge in [-0.1, -0.05) is 12.1 Å². The van der Waals surface area contributed by atoms with Gasteiger partial charge < -0.3 is 4.42 Å². The first-order valence-corrected chi connectivity index (χ1v) is 4.49. The molecule has 1 heterocycles. The Morgan fingerprint density at radius 2 is 1.94 bits per heavy atom. The van der Waals surface area contributed by atoms with Crippen LogP contribution < -0.4 is 5.43 Å². The van der Waals surface area contributed by atoms with Crippen LogP contribution in [0.1, 0.15) is 11.1 Å². The highest BCUT2D eigenvalue weighted by atomic mass is 19.4. The number of alkyl halides is 3. The van der Waals surface area contributed by atoms with E-state index in [0.29, 0.717) is 11.8 Å². The first-order chi connectivity index (χ1) is 7.41. The summed E-state index contributed by atoms with van der Waals surface area (Å²) in [5.41, 5.74) is -1.49. The van der Waals surface area contributed by atoms with E-state index < -0.39 is 17.2 Å². The van der Waals surface area contributed by atoms with Crippen molar-refractivity contribution >= 4 is 11.0 Å². The van der Waals surface area contributed by atoms with Crippen molar-refractivity contribution in [3.63, 3.8) is 0 Å². The molecule has 0 N–H and O–H groups in total. The minimum absolute atomic E-state index is 0.0465. The van der Waals surface area contributed by atoms with Crippen molar-refractivity contribution in [3.8, 4) is 0 Å². The molecule has 0 aliphatic heterocycles. The summed E-state index contributed by atoms with van der Waals surface area (Å²) in [7, 11) is 0. The van der Waals surface area contributed by atoms with Gasteiger partial charge in [0.15, 0.2) is 0 Å². The van der Waals surface area contributed by atoms with Crippen LogP contribution in [-0.4, -0.2) is 0 Å². The maximum absolute atomic E-state index is 12.4. The molecule has 16 heavy (non-hydrogen) atoms. The Balaban J connectivity index is 2.87. The van der Waals surface area contributed by atoms with Crippen LogP contribution in [0, 0.1) is 6.92 Å². The van der Waals surface area contributed by atoms with Crippen molar-refractivity contribution in [1.82, 2.24) is 0 Å². The van der Waals surface area contributed by atoms with E-state index >= 15 is 0 Å². The fourth-order valence-corrected chi connectivity index (χ4v) is 1.50. The largest absolute Gasteiger partial charge is 0.463 e. The summed E-state index contributed by atoms with van der Waals surface area (Å²) in [6.07, 6.45) is -4.21. The molecule has 0 spiro atoms. The van der Waals surface area contributed by atoms with Gasteiger partial charge in [-0.2, -0.15) is 13.2 Å². The number of halogens is 3. The molecule has 1 aromatic carbocycles. The van der Waals surface area contributed by atoms with Crippen LogP contribution in [0.25, 0.3) is 11.0 Å². The number of aryl methyl sites for hydroxylation is 1. The van der Waals surface area contributed by atoms with Gasteiger partial charge in [-0.25, -0.2) is 0 Å². The van der Waals surface area contributed by atoms with Crippen molar-refractivity contribution in [2.75, 3.05) is 0 Å². The number of fused-ring (bicyclic) bond motifs is 1. The van der Waals surface area contributed by atoms with E-state index in [1.165, 1.54) is 12.1 Å². The lowest BCUT2D eigenvalue weighted by Crippen LogP contribution is -2.18. The minimum atomic E-state index is -4.68. The maximum Gasteiger partial charge on any atom is 0.423 e. The molecule has 0 saturated heterocycles. The van der Waals surface area contributed by atoms with Crippen LogP contribution in [0.5, 0.6) is 0 Å². The SMILES string of the molecule is Cc1cccc2c(=O)c(C(F)(F)F)coc12. The second kappa shape index (κ2) is 3.37. The normalized spacial score (nSPS) is 12.0. The number of benzene rings is 1. The maximum atomic E-state index is 12.4. The summed E-state index contributed by atoms with van der Waals surface area (Å²) < 4.78 is 42.1. The third kappa shape index (κ3) is 1.58. The molecule has 2 nitrogen and oxygen atoms in total. The molecule has 2 rings (SSSR count). The Bertz CT molecular complexity index is 596. The topological polar surface area (TPSA) is 30.2 Å². The van der Waals surface area contributed by atoms with Crippen molar-refractivity contribution in [3.05, 3.63) is 45.8 Å². The van der Waals surface area contributed by atoms with Crippen molar-refractivity contribution < 1.29 is 17.6 Å². The quantitative estimate of drug-likeness (QED) is 0.693. The number of rotatable bonds is 0. The van der Waals surface area contributed by atoms with E-state index in [1.54, 1.807) is 13.0 Å². The van der Waals surface area contributed by atoms with Gasteiger partial charge >= 0.3 is 6.18 Å². The highest BCUT2D eigenvalue weighted by molar-refractivity contribution is 5.79. The van der Waals surface area contributed by atoms with Crippen LogP contribution in [0.2, 0.25) is 0 Å². The van der Waals surface area contributed by atoms with Crippen LogP contribution in [0.15, 0.2) is 33.7 Å². The zero-order valence-electron chi connectivity index (χ0n) is 8.26. The molecule has 0 saturated carbocycles. The Labute approximate surface area is 88.3 Å². The van der Waals surface area contributed by atoms with Gasteiger partial charge in [0.2, 0.25) is 5.43 Å². The highest BCUT2D eigenvalue weighted by Gasteiger charge is 2.35. The summed E-state index contributed by atoms with van der Waals surface area (Å²) in [4.78, 5) is 11.5. The second-order valence-corrected chi connectivity index (χ2v) is 3.43. The standard InChI is InChI=1S/C11H7F3O2/c1-6-3-2-4-7-9(15)8(11(12,13)14)5-16-10(6)7/h2-5H,1H3. The van der Waals surface area contributed by atoms with Gasteiger partial charge in [-0.3, -0.25) is 4.79 Å². The molecule has 0 aliphatic carbocycles. The fourth-order valence-electron chi connectivity index (χ4n) is 1.50. The average molecular weight is 228 g/mol. The summed E-state index contributed by atoms with van der Waals surface area (Å²) in [6, 6.07) is 4.51. The fraction of sp³-hybridized carbons (Fsp3) is 0.182. The molecular weight excluding hydrogens is 221 g/mol. The number of hydrogen-bond acceptors (Lipinski definition) is 2. The van der Waals surface area contributed by atoms with Crippen LogP contribution in [0.3, 0.4) is 0 Å². The first-order valence-electron chi connectivity index (χ1n) is 4.49. The van der Waals surface area contributed by atoms with Gasteiger partial charge in [0.25, 0.3) is 0 Å². The Morgan fingerprint density at radius 1 is 1.25 bits per heavy atom. The zero-order chi connectivity index (χ0) is 11.9. The Hall–Kier alpha value is -1.78. The van der Waals surface area contributed by atoms with E-state index in [4.69, 9.17) is 4.42 Å². The highest BCUT2D eigenvalue weighted by Crippen LogP contribution is 2.28. The molecule has 0 aliphatic rings. The lowest BCUT2D eigenvalue weighted by molar-refractivity contribution is -0.139. The Kier molecular flexibility index (Phi) is 2.26. The van der Waals surface area contributed by atoms with Crippen LogP contribution in [-0.2, 0) is 6.18 Å². The molecule has 0 amide bonds. The third-order valence-corrected chi connectivity index (χ3v) is 2.30. The van der Waals surface area contributed by atoms with Crippen LogP contribution in [0.4, 0.5) is 13.2 Å². The minimum Gasteiger partial charge on any atom is -0.463 e. The number of hydrogen-bond donors (Lipinski definition) is 0.